The minimum absolute atomic E-state index is 0.294. The molecule has 0 aromatic carbocycles. The first-order valence-corrected chi connectivity index (χ1v) is 7.07. The zero-order chi connectivity index (χ0) is 10.9. The maximum atomic E-state index is 11.7. The molecule has 0 aromatic heterocycles. The van der Waals surface area contributed by atoms with Gasteiger partial charge < -0.3 is 9.64 Å². The van der Waals surface area contributed by atoms with Crippen LogP contribution in [0.4, 0.5) is 0 Å². The fourth-order valence-corrected chi connectivity index (χ4v) is 3.52. The minimum Gasteiger partial charge on any atom is -0.378 e. The molecule has 86 valence electrons. The lowest BCUT2D eigenvalue weighted by Gasteiger charge is -2.35. The maximum Gasteiger partial charge on any atom is 0.158 e. The second-order valence-corrected chi connectivity index (χ2v) is 6.47. The fraction of sp³-hybridized carbons (Fsp3) is 0.800. The summed E-state index contributed by atoms with van der Waals surface area (Å²) in [5, 5.41) is -0.343. The van der Waals surface area contributed by atoms with Crippen LogP contribution >= 0.6 is 0 Å². The van der Waals surface area contributed by atoms with Gasteiger partial charge in [0.2, 0.25) is 0 Å². The van der Waals surface area contributed by atoms with E-state index in [0.717, 1.165) is 18.8 Å². The summed E-state index contributed by atoms with van der Waals surface area (Å²) in [5.74, 6) is 0.294. The monoisotopic (exact) mass is 231 g/mol. The van der Waals surface area contributed by atoms with Crippen molar-refractivity contribution in [2.24, 2.45) is 0 Å². The number of nitrogens with zero attached hydrogens (tertiary/aromatic N) is 1. The molecule has 0 aliphatic carbocycles. The molecular formula is C10H17NO3S. The summed E-state index contributed by atoms with van der Waals surface area (Å²) in [6.07, 6.45) is 2.72. The molecule has 4 nitrogen and oxygen atoms in total. The summed E-state index contributed by atoms with van der Waals surface area (Å²) in [5.41, 5.74) is 0.976. The van der Waals surface area contributed by atoms with Crippen molar-refractivity contribution in [2.45, 2.75) is 18.6 Å². The van der Waals surface area contributed by atoms with E-state index in [1.807, 2.05) is 0 Å². The van der Waals surface area contributed by atoms with Gasteiger partial charge >= 0.3 is 0 Å². The predicted molar refractivity (Wildman–Crippen MR) is 58.3 cm³/mol. The predicted octanol–water partition coefficient (Wildman–Crippen LogP) is 0.410. The molecule has 15 heavy (non-hydrogen) atoms. The number of morpholine rings is 1. The highest BCUT2D eigenvalue weighted by Gasteiger charge is 2.31. The SMILES string of the molecule is CC1C(N2CCOCC2)=CCCS1(=O)=O. The first-order valence-electron chi connectivity index (χ1n) is 5.35. The van der Waals surface area contributed by atoms with E-state index in [1.54, 1.807) is 6.92 Å². The van der Waals surface area contributed by atoms with Gasteiger partial charge in [0.1, 0.15) is 0 Å². The zero-order valence-electron chi connectivity index (χ0n) is 8.98. The minimum atomic E-state index is -2.91. The van der Waals surface area contributed by atoms with Crippen LogP contribution in [0.25, 0.3) is 0 Å². The topological polar surface area (TPSA) is 46.6 Å². The first kappa shape index (κ1) is 11.0. The van der Waals surface area contributed by atoms with E-state index < -0.39 is 9.84 Å². The van der Waals surface area contributed by atoms with Crippen LogP contribution in [0.1, 0.15) is 13.3 Å². The molecule has 0 saturated carbocycles. The van der Waals surface area contributed by atoms with Crippen LogP contribution in [-0.4, -0.2) is 50.6 Å². The fourth-order valence-electron chi connectivity index (χ4n) is 2.11. The molecule has 0 radical (unpaired) electrons. The Morgan fingerprint density at radius 3 is 2.73 bits per heavy atom. The van der Waals surface area contributed by atoms with Gasteiger partial charge in [-0.2, -0.15) is 0 Å². The quantitative estimate of drug-likeness (QED) is 0.656. The summed E-state index contributed by atoms with van der Waals surface area (Å²) >= 11 is 0. The van der Waals surface area contributed by atoms with E-state index in [9.17, 15) is 8.42 Å². The van der Waals surface area contributed by atoms with Crippen molar-refractivity contribution in [1.29, 1.82) is 0 Å². The number of ether oxygens (including phenoxy) is 1. The number of hydrogen-bond donors (Lipinski definition) is 0. The molecule has 1 fully saturated rings. The van der Waals surface area contributed by atoms with Crippen molar-refractivity contribution < 1.29 is 13.2 Å². The molecule has 2 rings (SSSR count). The van der Waals surface area contributed by atoms with E-state index in [2.05, 4.69) is 11.0 Å². The molecular weight excluding hydrogens is 214 g/mol. The average molecular weight is 231 g/mol. The van der Waals surface area contributed by atoms with Gasteiger partial charge in [-0.05, 0) is 13.3 Å². The third-order valence-corrected chi connectivity index (χ3v) is 5.21. The molecule has 0 N–H and O–H groups in total. The van der Waals surface area contributed by atoms with E-state index in [1.165, 1.54) is 0 Å². The molecule has 0 amide bonds. The molecule has 0 aromatic rings. The summed E-state index contributed by atoms with van der Waals surface area (Å²) in [4.78, 5) is 2.14. The van der Waals surface area contributed by atoms with Gasteiger partial charge in [0.05, 0.1) is 24.2 Å². The second kappa shape index (κ2) is 4.14. The van der Waals surface area contributed by atoms with Gasteiger partial charge in [0, 0.05) is 18.8 Å². The average Bonchev–Trinajstić information content (AvgIpc) is 2.23. The Morgan fingerprint density at radius 2 is 2.07 bits per heavy atom. The lowest BCUT2D eigenvalue weighted by molar-refractivity contribution is 0.0523. The van der Waals surface area contributed by atoms with Gasteiger partial charge in [0.25, 0.3) is 0 Å². The van der Waals surface area contributed by atoms with Gasteiger partial charge in [0.15, 0.2) is 9.84 Å². The van der Waals surface area contributed by atoms with E-state index >= 15 is 0 Å². The van der Waals surface area contributed by atoms with Crippen molar-refractivity contribution in [1.82, 2.24) is 4.90 Å². The third kappa shape index (κ3) is 2.18. The Hall–Kier alpha value is -0.550. The lowest BCUT2D eigenvalue weighted by Crippen LogP contribution is -2.42. The van der Waals surface area contributed by atoms with E-state index in [-0.39, 0.29) is 5.25 Å². The molecule has 2 aliphatic rings. The largest absolute Gasteiger partial charge is 0.378 e. The summed E-state index contributed by atoms with van der Waals surface area (Å²) in [6, 6.07) is 0. The van der Waals surface area contributed by atoms with Crippen molar-refractivity contribution in [3.05, 3.63) is 11.8 Å². The molecule has 1 atom stereocenters. The molecule has 2 heterocycles. The highest BCUT2D eigenvalue weighted by Crippen LogP contribution is 2.23. The first-order chi connectivity index (χ1) is 7.11. The summed E-state index contributed by atoms with van der Waals surface area (Å²) < 4.78 is 28.7. The van der Waals surface area contributed by atoms with Crippen LogP contribution in [0.2, 0.25) is 0 Å². The number of hydrogen-bond acceptors (Lipinski definition) is 4. The number of sulfone groups is 1. The van der Waals surface area contributed by atoms with Crippen LogP contribution in [0.3, 0.4) is 0 Å². The lowest BCUT2D eigenvalue weighted by atomic mass is 10.2. The molecule has 0 bridgehead atoms. The normalized spacial score (nSPS) is 31.1. The van der Waals surface area contributed by atoms with Crippen LogP contribution in [0.15, 0.2) is 11.8 Å². The highest BCUT2D eigenvalue weighted by molar-refractivity contribution is 7.92. The maximum absolute atomic E-state index is 11.7. The Morgan fingerprint density at radius 1 is 1.40 bits per heavy atom. The summed E-state index contributed by atoms with van der Waals surface area (Å²) in [7, 11) is -2.91. The van der Waals surface area contributed by atoms with Crippen LogP contribution in [-0.2, 0) is 14.6 Å². The smallest absolute Gasteiger partial charge is 0.158 e. The van der Waals surface area contributed by atoms with Crippen molar-refractivity contribution in [2.75, 3.05) is 32.1 Å². The van der Waals surface area contributed by atoms with Gasteiger partial charge in [-0.15, -0.1) is 0 Å². The van der Waals surface area contributed by atoms with Crippen molar-refractivity contribution >= 4 is 9.84 Å². The standard InChI is InChI=1S/C10H17NO3S/c1-9-10(3-2-8-15(9,12)13)11-4-6-14-7-5-11/h3,9H,2,4-8H2,1H3. The number of rotatable bonds is 1. The van der Waals surface area contributed by atoms with Crippen molar-refractivity contribution in [3.63, 3.8) is 0 Å². The third-order valence-electron chi connectivity index (χ3n) is 3.09. The Labute approximate surface area is 90.8 Å². The highest BCUT2D eigenvalue weighted by atomic mass is 32.2. The Bertz CT molecular complexity index is 355. The van der Waals surface area contributed by atoms with E-state index in [0.29, 0.717) is 25.4 Å². The Balaban J connectivity index is 2.17. The van der Waals surface area contributed by atoms with Gasteiger partial charge in [-0.3, -0.25) is 0 Å². The van der Waals surface area contributed by atoms with Crippen LogP contribution in [0.5, 0.6) is 0 Å². The molecule has 0 spiro atoms. The van der Waals surface area contributed by atoms with E-state index in [4.69, 9.17) is 4.74 Å². The molecule has 1 saturated heterocycles. The van der Waals surface area contributed by atoms with Gasteiger partial charge in [-0.1, -0.05) is 6.08 Å². The summed E-state index contributed by atoms with van der Waals surface area (Å²) in [6.45, 7) is 4.81. The molecule has 2 aliphatic heterocycles. The molecule has 5 heteroatoms. The second-order valence-electron chi connectivity index (χ2n) is 4.03. The van der Waals surface area contributed by atoms with Gasteiger partial charge in [-0.25, -0.2) is 8.42 Å². The van der Waals surface area contributed by atoms with Crippen LogP contribution < -0.4 is 0 Å². The molecule has 1 unspecified atom stereocenters. The van der Waals surface area contributed by atoms with Crippen LogP contribution in [0, 0.1) is 0 Å². The zero-order valence-corrected chi connectivity index (χ0v) is 9.79. The number of allylic oxidation sites excluding steroid dienone is 1. The van der Waals surface area contributed by atoms with Crippen molar-refractivity contribution in [3.8, 4) is 0 Å². The Kier molecular flexibility index (Phi) is 3.02.